The first-order valence-corrected chi connectivity index (χ1v) is 7.06. The van der Waals surface area contributed by atoms with E-state index in [1.807, 2.05) is 11.8 Å². The largest absolute Gasteiger partial charge is 0.353 e. The molecule has 0 spiro atoms. The summed E-state index contributed by atoms with van der Waals surface area (Å²) in [4.78, 5) is 11.9. The van der Waals surface area contributed by atoms with Crippen LogP contribution in [0, 0.1) is 5.92 Å². The second-order valence-electron chi connectivity index (χ2n) is 4.60. The predicted molar refractivity (Wildman–Crippen MR) is 63.8 cm³/mol. The summed E-state index contributed by atoms with van der Waals surface area (Å²) in [5, 5.41) is 3.16. The molecule has 2 aliphatic rings. The Morgan fingerprint density at radius 1 is 1.20 bits per heavy atom. The van der Waals surface area contributed by atoms with Crippen LogP contribution in [0.2, 0.25) is 0 Å². The second kappa shape index (κ2) is 5.21. The fourth-order valence-corrected chi connectivity index (χ4v) is 3.57. The van der Waals surface area contributed by atoms with Gasteiger partial charge in [-0.2, -0.15) is 11.8 Å². The number of nitrogens with two attached hydrogens (primary N) is 1. The molecule has 4 heteroatoms. The minimum atomic E-state index is 0.0829. The molecular formula is C11H20N2OS. The maximum absolute atomic E-state index is 11.9. The van der Waals surface area contributed by atoms with E-state index in [9.17, 15) is 4.79 Å². The van der Waals surface area contributed by atoms with Crippen molar-refractivity contribution in [3.05, 3.63) is 0 Å². The Morgan fingerprint density at radius 3 is 2.53 bits per heavy atom. The lowest BCUT2D eigenvalue weighted by Crippen LogP contribution is -2.44. The lowest BCUT2D eigenvalue weighted by Gasteiger charge is -2.25. The lowest BCUT2D eigenvalue weighted by atomic mass is 10.0. The monoisotopic (exact) mass is 228 g/mol. The molecule has 3 N–H and O–H groups in total. The molecule has 1 aliphatic heterocycles. The van der Waals surface area contributed by atoms with E-state index >= 15 is 0 Å². The van der Waals surface area contributed by atoms with Crippen LogP contribution < -0.4 is 11.1 Å². The summed E-state index contributed by atoms with van der Waals surface area (Å²) in [5.74, 6) is 2.65. The fraction of sp³-hybridized carbons (Fsp3) is 0.909. The first-order chi connectivity index (χ1) is 7.27. The van der Waals surface area contributed by atoms with E-state index in [0.717, 1.165) is 32.1 Å². The van der Waals surface area contributed by atoms with Gasteiger partial charge in [0.25, 0.3) is 0 Å². The summed E-state index contributed by atoms with van der Waals surface area (Å²) in [6.45, 7) is 0. The number of rotatable bonds is 2. The number of thioether (sulfide) groups is 1. The first kappa shape index (κ1) is 11.3. The van der Waals surface area contributed by atoms with Gasteiger partial charge in [-0.15, -0.1) is 0 Å². The third kappa shape index (κ3) is 2.88. The zero-order valence-electron chi connectivity index (χ0n) is 9.08. The van der Waals surface area contributed by atoms with Gasteiger partial charge >= 0.3 is 0 Å². The molecule has 3 nitrogen and oxygen atoms in total. The number of hydrogen-bond acceptors (Lipinski definition) is 3. The van der Waals surface area contributed by atoms with Crippen LogP contribution in [0.15, 0.2) is 0 Å². The maximum atomic E-state index is 11.9. The van der Waals surface area contributed by atoms with Gasteiger partial charge in [-0.05, 0) is 37.2 Å². The smallest absolute Gasteiger partial charge is 0.224 e. The molecule has 0 bridgehead atoms. The molecular weight excluding hydrogens is 208 g/mol. The summed E-state index contributed by atoms with van der Waals surface area (Å²) >= 11 is 1.98. The molecule has 0 aromatic heterocycles. The Balaban J connectivity index is 1.80. The zero-order chi connectivity index (χ0) is 10.7. The van der Waals surface area contributed by atoms with Crippen molar-refractivity contribution in [2.45, 2.75) is 44.2 Å². The van der Waals surface area contributed by atoms with Gasteiger partial charge in [0, 0.05) is 12.1 Å². The molecule has 2 rings (SSSR count). The van der Waals surface area contributed by atoms with E-state index in [0.29, 0.717) is 6.04 Å². The number of amides is 1. The van der Waals surface area contributed by atoms with Crippen LogP contribution in [0.5, 0.6) is 0 Å². The summed E-state index contributed by atoms with van der Waals surface area (Å²) in [7, 11) is 0. The van der Waals surface area contributed by atoms with E-state index in [1.54, 1.807) is 0 Å². The minimum absolute atomic E-state index is 0.0829. The standard InChI is InChI=1S/C11H20N2OS/c12-10-3-1-2-9(10)11(14)13-8-4-6-15-7-5-8/h8-10H,1-7,12H2,(H,13,14). The van der Waals surface area contributed by atoms with Crippen LogP contribution in [-0.2, 0) is 4.79 Å². The summed E-state index contributed by atoms with van der Waals surface area (Å²) < 4.78 is 0. The van der Waals surface area contributed by atoms with Crippen LogP contribution in [0.4, 0.5) is 0 Å². The van der Waals surface area contributed by atoms with Crippen molar-refractivity contribution in [1.82, 2.24) is 5.32 Å². The van der Waals surface area contributed by atoms with Crippen LogP contribution in [-0.4, -0.2) is 29.5 Å². The van der Waals surface area contributed by atoms with Crippen molar-refractivity contribution in [1.29, 1.82) is 0 Å². The molecule has 86 valence electrons. The van der Waals surface area contributed by atoms with E-state index in [4.69, 9.17) is 5.73 Å². The second-order valence-corrected chi connectivity index (χ2v) is 5.82. The molecule has 2 fully saturated rings. The fourth-order valence-electron chi connectivity index (χ4n) is 2.46. The van der Waals surface area contributed by atoms with Crippen LogP contribution in [0.25, 0.3) is 0 Å². The Kier molecular flexibility index (Phi) is 3.92. The molecule has 1 saturated carbocycles. The van der Waals surface area contributed by atoms with E-state index < -0.39 is 0 Å². The summed E-state index contributed by atoms with van der Waals surface area (Å²) in [6.07, 6.45) is 5.35. The molecule has 1 saturated heterocycles. The van der Waals surface area contributed by atoms with Gasteiger partial charge in [0.1, 0.15) is 0 Å². The van der Waals surface area contributed by atoms with E-state index in [-0.39, 0.29) is 17.9 Å². The predicted octanol–water partition coefficient (Wildman–Crippen LogP) is 1.13. The average Bonchev–Trinajstić information content (AvgIpc) is 2.66. The van der Waals surface area contributed by atoms with Gasteiger partial charge in [0.05, 0.1) is 5.92 Å². The van der Waals surface area contributed by atoms with Crippen molar-refractivity contribution in [2.24, 2.45) is 11.7 Å². The van der Waals surface area contributed by atoms with Crippen LogP contribution in [0.3, 0.4) is 0 Å². The summed E-state index contributed by atoms with van der Waals surface area (Å²) in [5.41, 5.74) is 5.92. The van der Waals surface area contributed by atoms with Gasteiger partial charge in [0.15, 0.2) is 0 Å². The Bertz CT molecular complexity index is 229. The first-order valence-electron chi connectivity index (χ1n) is 5.91. The minimum Gasteiger partial charge on any atom is -0.353 e. The highest BCUT2D eigenvalue weighted by Crippen LogP contribution is 2.25. The topological polar surface area (TPSA) is 55.1 Å². The Hall–Kier alpha value is -0.220. The van der Waals surface area contributed by atoms with E-state index in [1.165, 1.54) is 11.5 Å². The molecule has 1 heterocycles. The molecule has 2 atom stereocenters. The number of nitrogens with one attached hydrogen (secondary N) is 1. The van der Waals surface area contributed by atoms with Crippen LogP contribution >= 0.6 is 11.8 Å². The van der Waals surface area contributed by atoms with Gasteiger partial charge in [0.2, 0.25) is 5.91 Å². The Labute approximate surface area is 95.6 Å². The third-order valence-electron chi connectivity index (χ3n) is 3.47. The van der Waals surface area contributed by atoms with Crippen molar-refractivity contribution in [3.8, 4) is 0 Å². The lowest BCUT2D eigenvalue weighted by molar-refractivity contribution is -0.125. The van der Waals surface area contributed by atoms with Crippen LogP contribution in [0.1, 0.15) is 32.1 Å². The Morgan fingerprint density at radius 2 is 1.93 bits per heavy atom. The quantitative estimate of drug-likeness (QED) is 0.745. The van der Waals surface area contributed by atoms with Gasteiger partial charge in [-0.1, -0.05) is 6.42 Å². The summed E-state index contributed by atoms with van der Waals surface area (Å²) in [6, 6.07) is 0.509. The number of hydrogen-bond donors (Lipinski definition) is 2. The number of carbonyl (C=O) groups is 1. The van der Waals surface area contributed by atoms with Gasteiger partial charge in [-0.25, -0.2) is 0 Å². The molecule has 0 aromatic carbocycles. The van der Waals surface area contributed by atoms with Crippen molar-refractivity contribution in [3.63, 3.8) is 0 Å². The zero-order valence-corrected chi connectivity index (χ0v) is 9.89. The van der Waals surface area contributed by atoms with Gasteiger partial charge in [-0.3, -0.25) is 4.79 Å². The molecule has 15 heavy (non-hydrogen) atoms. The SMILES string of the molecule is NC1CCCC1C(=O)NC1CCSCC1. The van der Waals surface area contributed by atoms with Crippen molar-refractivity contribution in [2.75, 3.05) is 11.5 Å². The highest BCUT2D eigenvalue weighted by molar-refractivity contribution is 7.99. The van der Waals surface area contributed by atoms with Crippen molar-refractivity contribution >= 4 is 17.7 Å². The number of carbonyl (C=O) groups excluding carboxylic acids is 1. The average molecular weight is 228 g/mol. The molecule has 2 unspecified atom stereocenters. The molecule has 1 amide bonds. The molecule has 1 aliphatic carbocycles. The van der Waals surface area contributed by atoms with Crippen molar-refractivity contribution < 1.29 is 4.79 Å². The van der Waals surface area contributed by atoms with Gasteiger partial charge < -0.3 is 11.1 Å². The van der Waals surface area contributed by atoms with E-state index in [2.05, 4.69) is 5.32 Å². The third-order valence-corrected chi connectivity index (χ3v) is 4.52. The molecule has 0 aromatic rings. The molecule has 0 radical (unpaired) electrons. The maximum Gasteiger partial charge on any atom is 0.224 e. The highest BCUT2D eigenvalue weighted by Gasteiger charge is 2.31. The normalized spacial score (nSPS) is 32.9. The highest BCUT2D eigenvalue weighted by atomic mass is 32.2.